The lowest BCUT2D eigenvalue weighted by molar-refractivity contribution is 0.905. The summed E-state index contributed by atoms with van der Waals surface area (Å²) in [5, 5.41) is 21.5. The van der Waals surface area contributed by atoms with Crippen molar-refractivity contribution in [2.75, 3.05) is 13.6 Å². The Bertz CT molecular complexity index is 331. The number of nitrogens with one attached hydrogen (secondary N) is 4. The minimum absolute atomic E-state index is 0.346. The molecule has 96 valence electrons. The van der Waals surface area contributed by atoms with Gasteiger partial charge in [-0.2, -0.15) is 0 Å². The van der Waals surface area contributed by atoms with Crippen molar-refractivity contribution in [3.63, 3.8) is 0 Å². The van der Waals surface area contributed by atoms with Gasteiger partial charge in [-0.1, -0.05) is 6.92 Å². The number of halogens is 1. The average molecular weight is 301 g/mol. The van der Waals surface area contributed by atoms with Crippen molar-refractivity contribution >= 4 is 26.3 Å². The van der Waals surface area contributed by atoms with Crippen LogP contribution in [0.2, 0.25) is 0 Å². The first-order chi connectivity index (χ1) is 8.06. The molecule has 4 nitrogen and oxygen atoms in total. The lowest BCUT2D eigenvalue weighted by Gasteiger charge is -2.10. The molecule has 0 atom stereocenters. The number of allylic oxidation sites excluding steroid dienone is 2. The predicted molar refractivity (Wildman–Crippen MR) is 78.2 cm³/mol. The van der Waals surface area contributed by atoms with E-state index in [0.29, 0.717) is 23.2 Å². The molecule has 0 aromatic rings. The van der Waals surface area contributed by atoms with Crippen LogP contribution in [0.25, 0.3) is 0 Å². The summed E-state index contributed by atoms with van der Waals surface area (Å²) >= 11 is 3.17. The molecule has 4 N–H and O–H groups in total. The molecule has 0 aliphatic rings. The largest absolute Gasteiger partial charge is 0.394 e. The van der Waals surface area contributed by atoms with E-state index >= 15 is 0 Å². The van der Waals surface area contributed by atoms with E-state index in [9.17, 15) is 0 Å². The van der Waals surface area contributed by atoms with E-state index in [1.807, 2.05) is 20.0 Å². The van der Waals surface area contributed by atoms with Gasteiger partial charge >= 0.3 is 0 Å². The summed E-state index contributed by atoms with van der Waals surface area (Å²) in [6.07, 6.45) is 4.91. The number of hydrogen-bond acceptors (Lipinski definition) is 4. The Balaban J connectivity index is 4.90. The number of rotatable bonds is 8. The van der Waals surface area contributed by atoms with Gasteiger partial charge in [0, 0.05) is 43.7 Å². The summed E-state index contributed by atoms with van der Waals surface area (Å²) < 4.78 is 0.346. The first kappa shape index (κ1) is 15.9. The maximum absolute atomic E-state index is 7.90. The van der Waals surface area contributed by atoms with E-state index in [2.05, 4.69) is 26.6 Å². The molecule has 0 rings (SSSR count). The fourth-order valence-electron chi connectivity index (χ4n) is 1.27. The lowest BCUT2D eigenvalue weighted by atomic mass is 10.0. The highest BCUT2D eigenvalue weighted by Crippen LogP contribution is 2.16. The SMILES string of the molecule is CCN/C=C(/C/C(=C/NC)C(=N)Br)C(=N)CC. The van der Waals surface area contributed by atoms with Crippen molar-refractivity contribution in [2.45, 2.75) is 26.7 Å². The van der Waals surface area contributed by atoms with E-state index in [-0.39, 0.29) is 0 Å². The van der Waals surface area contributed by atoms with E-state index in [0.717, 1.165) is 17.7 Å². The molecule has 0 saturated heterocycles. The monoisotopic (exact) mass is 300 g/mol. The summed E-state index contributed by atoms with van der Waals surface area (Å²) in [5.41, 5.74) is 2.34. The molecular formula is C12H21BrN4. The molecule has 0 aromatic carbocycles. The maximum atomic E-state index is 7.90. The fraction of sp³-hybridized carbons (Fsp3) is 0.500. The summed E-state index contributed by atoms with van der Waals surface area (Å²) in [7, 11) is 1.80. The van der Waals surface area contributed by atoms with Gasteiger partial charge in [-0.15, -0.1) is 0 Å². The molecule has 0 aliphatic heterocycles. The summed E-state index contributed by atoms with van der Waals surface area (Å²) in [4.78, 5) is 0. The van der Waals surface area contributed by atoms with E-state index in [1.54, 1.807) is 13.2 Å². The minimum atomic E-state index is 0.346. The minimum Gasteiger partial charge on any atom is -0.394 e. The Morgan fingerprint density at radius 2 is 1.82 bits per heavy atom. The third kappa shape index (κ3) is 6.26. The lowest BCUT2D eigenvalue weighted by Crippen LogP contribution is -2.11. The Kier molecular flexibility index (Phi) is 8.40. The Hall–Kier alpha value is -1.10. The molecular weight excluding hydrogens is 280 g/mol. The molecule has 0 bridgehead atoms. The van der Waals surface area contributed by atoms with Crippen molar-refractivity contribution in [3.8, 4) is 0 Å². The van der Waals surface area contributed by atoms with Crippen LogP contribution in [0.1, 0.15) is 26.7 Å². The predicted octanol–water partition coefficient (Wildman–Crippen LogP) is 2.78. The van der Waals surface area contributed by atoms with Crippen LogP contribution in [-0.2, 0) is 0 Å². The molecule has 0 amide bonds. The highest BCUT2D eigenvalue weighted by atomic mass is 79.9. The van der Waals surface area contributed by atoms with Crippen LogP contribution in [0.4, 0.5) is 0 Å². The Morgan fingerprint density at radius 1 is 1.18 bits per heavy atom. The second-order valence-electron chi connectivity index (χ2n) is 3.51. The molecule has 17 heavy (non-hydrogen) atoms. The van der Waals surface area contributed by atoms with Gasteiger partial charge in [-0.25, -0.2) is 0 Å². The zero-order valence-electron chi connectivity index (χ0n) is 10.7. The van der Waals surface area contributed by atoms with Gasteiger partial charge in [0.1, 0.15) is 4.62 Å². The topological polar surface area (TPSA) is 71.8 Å². The third-order valence-corrected chi connectivity index (χ3v) is 2.71. The van der Waals surface area contributed by atoms with Crippen molar-refractivity contribution in [1.29, 1.82) is 10.8 Å². The molecule has 0 saturated carbocycles. The molecule has 0 heterocycles. The van der Waals surface area contributed by atoms with Crippen LogP contribution in [0, 0.1) is 10.8 Å². The third-order valence-electron chi connectivity index (χ3n) is 2.20. The van der Waals surface area contributed by atoms with E-state index in [1.165, 1.54) is 0 Å². The highest BCUT2D eigenvalue weighted by Gasteiger charge is 2.09. The summed E-state index contributed by atoms with van der Waals surface area (Å²) in [6, 6.07) is 0. The van der Waals surface area contributed by atoms with Gasteiger partial charge in [0.05, 0.1) is 0 Å². The van der Waals surface area contributed by atoms with E-state index < -0.39 is 0 Å². The van der Waals surface area contributed by atoms with Crippen molar-refractivity contribution in [1.82, 2.24) is 10.6 Å². The second kappa shape index (κ2) is 8.98. The average Bonchev–Trinajstić information content (AvgIpc) is 2.31. The smallest absolute Gasteiger partial charge is 0.102 e. The summed E-state index contributed by atoms with van der Waals surface area (Å²) in [5.74, 6) is 0. The van der Waals surface area contributed by atoms with Crippen LogP contribution >= 0.6 is 15.9 Å². The van der Waals surface area contributed by atoms with Crippen molar-refractivity contribution in [3.05, 3.63) is 23.5 Å². The molecule has 0 aliphatic carbocycles. The van der Waals surface area contributed by atoms with Crippen molar-refractivity contribution in [2.24, 2.45) is 0 Å². The van der Waals surface area contributed by atoms with Crippen LogP contribution < -0.4 is 10.6 Å². The van der Waals surface area contributed by atoms with Crippen molar-refractivity contribution < 1.29 is 0 Å². The fourth-order valence-corrected chi connectivity index (χ4v) is 1.52. The first-order valence-electron chi connectivity index (χ1n) is 5.67. The molecule has 0 unspecified atom stereocenters. The van der Waals surface area contributed by atoms with Gasteiger partial charge in [-0.3, -0.25) is 5.41 Å². The van der Waals surface area contributed by atoms with Crippen LogP contribution in [0.3, 0.4) is 0 Å². The molecule has 0 radical (unpaired) electrons. The van der Waals surface area contributed by atoms with E-state index in [4.69, 9.17) is 10.8 Å². The van der Waals surface area contributed by atoms with Gasteiger partial charge < -0.3 is 16.0 Å². The molecule has 0 spiro atoms. The van der Waals surface area contributed by atoms with Gasteiger partial charge in [0.2, 0.25) is 0 Å². The summed E-state index contributed by atoms with van der Waals surface area (Å²) in [6.45, 7) is 4.81. The number of hydrogen-bond donors (Lipinski definition) is 4. The maximum Gasteiger partial charge on any atom is 0.102 e. The zero-order valence-corrected chi connectivity index (χ0v) is 12.2. The quantitative estimate of drug-likeness (QED) is 0.521. The Labute approximate surface area is 112 Å². The Morgan fingerprint density at radius 3 is 2.24 bits per heavy atom. The van der Waals surface area contributed by atoms with Gasteiger partial charge in [-0.05, 0) is 34.8 Å². The van der Waals surface area contributed by atoms with Gasteiger partial charge in [0.25, 0.3) is 0 Å². The zero-order chi connectivity index (χ0) is 13.3. The van der Waals surface area contributed by atoms with Gasteiger partial charge in [0.15, 0.2) is 0 Å². The van der Waals surface area contributed by atoms with Crippen LogP contribution in [0.5, 0.6) is 0 Å². The molecule has 0 aromatic heterocycles. The van der Waals surface area contributed by atoms with Crippen LogP contribution in [-0.4, -0.2) is 23.9 Å². The normalized spacial score (nSPS) is 12.2. The highest BCUT2D eigenvalue weighted by molar-refractivity contribution is 9.18. The molecule has 5 heteroatoms. The van der Waals surface area contributed by atoms with Crippen LogP contribution in [0.15, 0.2) is 23.5 Å². The molecule has 0 fully saturated rings. The first-order valence-corrected chi connectivity index (χ1v) is 6.47. The second-order valence-corrected chi connectivity index (χ2v) is 4.30. The standard InChI is InChI=1S/C12H21BrN4/c1-4-11(14)9(8-17-5-2)6-10(7-16-3)12(13)15/h7-8,14-17H,4-6H2,1-3H3/b9-8-,10-7-,14-11?,15-12?.